The van der Waals surface area contributed by atoms with E-state index in [-0.39, 0.29) is 12.2 Å². The predicted molar refractivity (Wildman–Crippen MR) is 168 cm³/mol. The molecule has 1 aromatic heterocycles. The van der Waals surface area contributed by atoms with E-state index >= 15 is 0 Å². The Morgan fingerprint density at radius 3 is 2.59 bits per heavy atom. The lowest BCUT2D eigenvalue weighted by molar-refractivity contribution is -0.139. The summed E-state index contributed by atoms with van der Waals surface area (Å²) in [7, 11) is 1.58. The highest BCUT2D eigenvalue weighted by Crippen LogP contribution is 2.40. The van der Waals surface area contributed by atoms with Gasteiger partial charge in [-0.1, -0.05) is 54.3 Å². The fourth-order valence-corrected chi connectivity index (χ4v) is 7.39. The summed E-state index contributed by atoms with van der Waals surface area (Å²) in [4.78, 5) is 32.7. The van der Waals surface area contributed by atoms with Gasteiger partial charge >= 0.3 is 5.97 Å². The van der Waals surface area contributed by atoms with E-state index in [0.717, 1.165) is 25.3 Å². The minimum atomic E-state index is -0.804. The molecule has 210 valence electrons. The van der Waals surface area contributed by atoms with Gasteiger partial charge in [-0.3, -0.25) is 9.36 Å². The number of nitrogens with zero attached hydrogens (tertiary/aromatic N) is 2. The molecule has 3 aromatic carbocycles. The first kappa shape index (κ1) is 29.0. The van der Waals surface area contributed by atoms with E-state index in [1.54, 1.807) is 37.7 Å². The highest BCUT2D eigenvalue weighted by atomic mass is 79.9. The number of hydrogen-bond acceptors (Lipinski definition) is 7. The Labute approximate surface area is 257 Å². The highest BCUT2D eigenvalue weighted by Gasteiger charge is 2.36. The smallest absolute Gasteiger partial charge is 0.338 e. The summed E-state index contributed by atoms with van der Waals surface area (Å²) in [5, 5.41) is 1.82. The van der Waals surface area contributed by atoms with Crippen LogP contribution in [-0.4, -0.2) is 30.9 Å². The van der Waals surface area contributed by atoms with Crippen LogP contribution in [0.15, 0.2) is 91.2 Å². The van der Waals surface area contributed by atoms with E-state index in [4.69, 9.17) is 19.2 Å². The van der Waals surface area contributed by atoms with E-state index in [0.29, 0.717) is 44.3 Å². The number of thiazole rings is 1. The highest BCUT2D eigenvalue weighted by molar-refractivity contribution is 9.11. The zero-order chi connectivity index (χ0) is 29.3. The maximum Gasteiger partial charge on any atom is 0.338 e. The Morgan fingerprint density at radius 1 is 1.17 bits per heavy atom. The van der Waals surface area contributed by atoms with Crippen molar-refractivity contribution in [2.75, 3.05) is 20.3 Å². The number of carbonyl (C=O) groups is 1. The van der Waals surface area contributed by atoms with Gasteiger partial charge in [0, 0.05) is 5.56 Å². The summed E-state index contributed by atoms with van der Waals surface area (Å²) < 4.78 is 20.5. The standard InChI is InChI=1S/C31H26Br2N2O5S/c1-5-13-40-28-21(32)14-18(15-22(28)33)16-24-29(36)35-27(25(30(37)39-6-2)17(3)34-31(35)41-24)26-20-10-8-7-9-19(20)11-12-23(26)38-4/h5,7-12,14-16,27H,1,6,13H2,2-4H3/t27-/m1/s1. The number of fused-ring (bicyclic) bond motifs is 2. The molecular weight excluding hydrogens is 672 g/mol. The fourth-order valence-electron chi connectivity index (χ4n) is 4.89. The molecule has 0 aliphatic carbocycles. The summed E-state index contributed by atoms with van der Waals surface area (Å²) in [6.07, 6.45) is 3.47. The van der Waals surface area contributed by atoms with Crippen LogP contribution < -0.4 is 24.4 Å². The van der Waals surface area contributed by atoms with Crippen molar-refractivity contribution in [2.24, 2.45) is 4.99 Å². The number of carbonyl (C=O) groups excluding carboxylic acids is 1. The molecule has 0 saturated carbocycles. The van der Waals surface area contributed by atoms with Gasteiger partial charge in [0.1, 0.15) is 24.1 Å². The van der Waals surface area contributed by atoms with Gasteiger partial charge in [-0.15, -0.1) is 0 Å². The first-order chi connectivity index (χ1) is 19.8. The number of benzene rings is 3. The lowest BCUT2D eigenvalue weighted by atomic mass is 9.90. The molecule has 0 bridgehead atoms. The van der Waals surface area contributed by atoms with Gasteiger partial charge in [0.2, 0.25) is 0 Å². The predicted octanol–water partition coefficient (Wildman–Crippen LogP) is 6.05. The van der Waals surface area contributed by atoms with Gasteiger partial charge in [0.05, 0.1) is 38.5 Å². The first-order valence-corrected chi connectivity index (χ1v) is 15.2. The van der Waals surface area contributed by atoms with E-state index in [1.165, 1.54) is 11.3 Å². The Kier molecular flexibility index (Phi) is 8.63. The number of allylic oxidation sites excluding steroid dienone is 1. The maximum atomic E-state index is 14.2. The molecular formula is C31H26Br2N2O5S. The first-order valence-electron chi connectivity index (χ1n) is 12.8. The lowest BCUT2D eigenvalue weighted by Gasteiger charge is -2.27. The number of ether oxygens (including phenoxy) is 3. The molecule has 5 rings (SSSR count). The number of esters is 1. The third-order valence-corrected chi connectivity index (χ3v) is 8.77. The number of halogens is 2. The van der Waals surface area contributed by atoms with Crippen LogP contribution in [0.3, 0.4) is 0 Å². The Balaban J connectivity index is 1.77. The molecule has 1 aliphatic heterocycles. The largest absolute Gasteiger partial charge is 0.496 e. The number of aromatic nitrogens is 1. The Morgan fingerprint density at radius 2 is 1.90 bits per heavy atom. The maximum absolute atomic E-state index is 14.2. The molecule has 0 N–H and O–H groups in total. The molecule has 0 amide bonds. The van der Waals surface area contributed by atoms with Gasteiger partial charge in [-0.2, -0.15) is 0 Å². The van der Waals surface area contributed by atoms with Crippen LogP contribution in [0.2, 0.25) is 0 Å². The van der Waals surface area contributed by atoms with Crippen molar-refractivity contribution in [3.8, 4) is 11.5 Å². The van der Waals surface area contributed by atoms with Crippen molar-refractivity contribution in [1.82, 2.24) is 4.57 Å². The van der Waals surface area contributed by atoms with Gasteiger partial charge in [-0.05, 0) is 86.3 Å². The summed E-state index contributed by atoms with van der Waals surface area (Å²) >= 11 is 8.39. The van der Waals surface area contributed by atoms with E-state index in [2.05, 4.69) is 38.4 Å². The van der Waals surface area contributed by atoms with Crippen LogP contribution in [0.25, 0.3) is 16.8 Å². The van der Waals surface area contributed by atoms with E-state index < -0.39 is 12.0 Å². The minimum absolute atomic E-state index is 0.190. The van der Waals surface area contributed by atoms with E-state index in [1.807, 2.05) is 48.5 Å². The molecule has 7 nitrogen and oxygen atoms in total. The molecule has 10 heteroatoms. The van der Waals surface area contributed by atoms with Crippen LogP contribution in [-0.2, 0) is 9.53 Å². The molecule has 0 unspecified atom stereocenters. The molecule has 1 atom stereocenters. The van der Waals surface area contributed by atoms with Crippen molar-refractivity contribution in [3.63, 3.8) is 0 Å². The van der Waals surface area contributed by atoms with Crippen LogP contribution in [0.5, 0.6) is 11.5 Å². The average Bonchev–Trinajstić information content (AvgIpc) is 3.25. The van der Waals surface area contributed by atoms with Crippen molar-refractivity contribution in [2.45, 2.75) is 19.9 Å². The summed E-state index contributed by atoms with van der Waals surface area (Å²) in [6.45, 7) is 7.76. The second kappa shape index (κ2) is 12.2. The molecule has 1 aliphatic rings. The molecule has 4 aromatic rings. The van der Waals surface area contributed by atoms with Crippen molar-refractivity contribution in [1.29, 1.82) is 0 Å². The SMILES string of the molecule is C=CCOc1c(Br)cc(C=c2sc3n(c2=O)[C@@H](c2c(OC)ccc4ccccc24)C(C(=O)OCC)=C(C)N=3)cc1Br. The average molecular weight is 698 g/mol. The summed E-state index contributed by atoms with van der Waals surface area (Å²) in [5.74, 6) is 0.676. The zero-order valence-corrected chi connectivity index (χ0v) is 26.6. The lowest BCUT2D eigenvalue weighted by Crippen LogP contribution is -2.40. The van der Waals surface area contributed by atoms with Gasteiger partial charge in [-0.25, -0.2) is 9.79 Å². The van der Waals surface area contributed by atoms with Crippen molar-refractivity contribution in [3.05, 3.63) is 112 Å². The van der Waals surface area contributed by atoms with Crippen LogP contribution in [0.1, 0.15) is 31.0 Å². The molecule has 0 radical (unpaired) electrons. The second-order valence-corrected chi connectivity index (χ2v) is 11.8. The Hall–Kier alpha value is -3.47. The molecule has 41 heavy (non-hydrogen) atoms. The monoisotopic (exact) mass is 696 g/mol. The van der Waals surface area contributed by atoms with Crippen LogP contribution >= 0.6 is 43.2 Å². The molecule has 0 saturated heterocycles. The topological polar surface area (TPSA) is 79.1 Å². The molecule has 0 fully saturated rings. The van der Waals surface area contributed by atoms with Crippen molar-refractivity contribution >= 4 is 66.0 Å². The zero-order valence-electron chi connectivity index (χ0n) is 22.6. The third kappa shape index (κ3) is 5.43. The van der Waals surface area contributed by atoms with Gasteiger partial charge in [0.25, 0.3) is 5.56 Å². The van der Waals surface area contributed by atoms with Gasteiger partial charge in [0.15, 0.2) is 4.80 Å². The number of methoxy groups -OCH3 is 1. The summed E-state index contributed by atoms with van der Waals surface area (Å²) in [6, 6.07) is 14.6. The third-order valence-electron chi connectivity index (χ3n) is 6.60. The quantitative estimate of drug-likeness (QED) is 0.166. The van der Waals surface area contributed by atoms with Crippen molar-refractivity contribution < 1.29 is 19.0 Å². The minimum Gasteiger partial charge on any atom is -0.496 e. The normalized spacial score (nSPS) is 15.0. The van der Waals surface area contributed by atoms with Gasteiger partial charge < -0.3 is 14.2 Å². The summed E-state index contributed by atoms with van der Waals surface area (Å²) in [5.41, 5.74) is 1.99. The number of rotatable bonds is 8. The fraction of sp³-hybridized carbons (Fsp3) is 0.194. The van der Waals surface area contributed by atoms with Crippen LogP contribution in [0.4, 0.5) is 0 Å². The van der Waals surface area contributed by atoms with E-state index in [9.17, 15) is 9.59 Å². The number of hydrogen-bond donors (Lipinski definition) is 0. The molecule has 0 spiro atoms. The Bertz CT molecular complexity index is 1880. The van der Waals surface area contributed by atoms with Crippen LogP contribution in [0, 0.1) is 0 Å². The molecule has 2 heterocycles. The second-order valence-electron chi connectivity index (χ2n) is 9.12.